The van der Waals surface area contributed by atoms with Crippen LogP contribution in [0.3, 0.4) is 0 Å². The van der Waals surface area contributed by atoms with E-state index in [0.717, 1.165) is 25.7 Å². The summed E-state index contributed by atoms with van der Waals surface area (Å²) >= 11 is 1.44. The summed E-state index contributed by atoms with van der Waals surface area (Å²) in [5, 5.41) is 2.69. The van der Waals surface area contributed by atoms with E-state index in [0.29, 0.717) is 17.0 Å². The van der Waals surface area contributed by atoms with Crippen molar-refractivity contribution in [2.24, 2.45) is 0 Å². The lowest BCUT2D eigenvalue weighted by molar-refractivity contribution is -0.124. The number of esters is 1. The van der Waals surface area contributed by atoms with Crippen molar-refractivity contribution in [3.63, 3.8) is 0 Å². The van der Waals surface area contributed by atoms with Crippen molar-refractivity contribution in [1.82, 2.24) is 4.98 Å². The van der Waals surface area contributed by atoms with Gasteiger partial charge in [0.2, 0.25) is 0 Å². The molecule has 1 aromatic carbocycles. The van der Waals surface area contributed by atoms with Crippen LogP contribution in [-0.4, -0.2) is 31.4 Å². The fourth-order valence-corrected chi connectivity index (χ4v) is 5.81. The zero-order chi connectivity index (χ0) is 24.1. The molecule has 1 amide bonds. The van der Waals surface area contributed by atoms with Crippen LogP contribution in [0.4, 0.5) is 11.5 Å². The number of carbonyl (C=O) groups is 2. The lowest BCUT2D eigenvalue weighted by atomic mass is 9.99. The number of aryl methyl sites for hydroxylation is 2. The molecule has 0 saturated carbocycles. The highest BCUT2D eigenvalue weighted by atomic mass is 32.2. The second kappa shape index (κ2) is 10.4. The number of amides is 1. The van der Waals surface area contributed by atoms with Crippen molar-refractivity contribution in [3.05, 3.63) is 70.0 Å². The minimum atomic E-state index is -3.82. The molecule has 0 saturated heterocycles. The normalized spacial score (nSPS) is 14.0. The van der Waals surface area contributed by atoms with Gasteiger partial charge in [0.05, 0.1) is 4.90 Å². The second-order valence-electron chi connectivity index (χ2n) is 7.90. The number of benzene rings is 1. The Morgan fingerprint density at radius 3 is 2.56 bits per heavy atom. The molecule has 1 unspecified atom stereocenters. The van der Waals surface area contributed by atoms with Crippen molar-refractivity contribution in [2.45, 2.75) is 50.0 Å². The molecule has 34 heavy (non-hydrogen) atoms. The van der Waals surface area contributed by atoms with Crippen LogP contribution in [0.1, 0.15) is 46.3 Å². The van der Waals surface area contributed by atoms with E-state index in [4.69, 9.17) is 4.74 Å². The lowest BCUT2D eigenvalue weighted by Crippen LogP contribution is -2.31. The number of nitrogens with zero attached hydrogens (tertiary/aromatic N) is 1. The molecule has 1 aliphatic rings. The van der Waals surface area contributed by atoms with Crippen molar-refractivity contribution < 1.29 is 22.7 Å². The number of rotatable bonds is 8. The fourth-order valence-electron chi connectivity index (χ4n) is 3.66. The van der Waals surface area contributed by atoms with E-state index in [-0.39, 0.29) is 10.7 Å². The molecule has 1 atom stereocenters. The summed E-state index contributed by atoms with van der Waals surface area (Å²) in [7, 11) is -3.82. The molecule has 0 fully saturated rings. The van der Waals surface area contributed by atoms with E-state index in [2.05, 4.69) is 15.0 Å². The number of ether oxygens (including phenoxy) is 1. The Morgan fingerprint density at radius 1 is 1.12 bits per heavy atom. The maximum Gasteiger partial charge on any atom is 0.349 e. The molecular formula is C24H25N3O5S2. The summed E-state index contributed by atoms with van der Waals surface area (Å²) in [6.45, 7) is 1.76. The van der Waals surface area contributed by atoms with Crippen LogP contribution in [-0.2, 0) is 32.4 Å². The predicted molar refractivity (Wildman–Crippen MR) is 131 cm³/mol. The van der Waals surface area contributed by atoms with E-state index < -0.39 is 28.0 Å². The Balaban J connectivity index is 1.38. The highest BCUT2D eigenvalue weighted by Crippen LogP contribution is 2.30. The van der Waals surface area contributed by atoms with E-state index in [9.17, 15) is 18.0 Å². The number of carbonyl (C=O) groups excluding carboxylic acids is 2. The molecule has 0 aliphatic heterocycles. The van der Waals surface area contributed by atoms with Gasteiger partial charge in [-0.05, 0) is 80.1 Å². The van der Waals surface area contributed by atoms with Crippen LogP contribution in [0.15, 0.2) is 59.6 Å². The Bertz CT molecular complexity index is 1250. The van der Waals surface area contributed by atoms with E-state index >= 15 is 0 Å². The summed E-state index contributed by atoms with van der Waals surface area (Å²) in [4.78, 5) is 31.0. The number of anilines is 2. The zero-order valence-corrected chi connectivity index (χ0v) is 20.2. The molecule has 2 heterocycles. The van der Waals surface area contributed by atoms with Crippen molar-refractivity contribution in [3.8, 4) is 0 Å². The third-order valence-corrected chi connectivity index (χ3v) is 8.03. The van der Waals surface area contributed by atoms with Gasteiger partial charge in [-0.25, -0.2) is 18.2 Å². The minimum absolute atomic E-state index is 0.0243. The number of hydrogen-bond acceptors (Lipinski definition) is 7. The average Bonchev–Trinajstić information content (AvgIpc) is 3.27. The molecule has 4 rings (SSSR count). The first-order valence-electron chi connectivity index (χ1n) is 11.0. The number of thiophene rings is 1. The predicted octanol–water partition coefficient (Wildman–Crippen LogP) is 4.40. The van der Waals surface area contributed by atoms with Gasteiger partial charge in [-0.2, -0.15) is 0 Å². The number of aromatic nitrogens is 1. The maximum absolute atomic E-state index is 12.7. The monoisotopic (exact) mass is 499 g/mol. The number of fused-ring (bicyclic) bond motifs is 1. The van der Waals surface area contributed by atoms with E-state index in [1.807, 2.05) is 6.07 Å². The first-order chi connectivity index (χ1) is 16.4. The number of sulfonamides is 1. The molecule has 8 nitrogen and oxygen atoms in total. The van der Waals surface area contributed by atoms with E-state index in [1.165, 1.54) is 52.2 Å². The Kier molecular flexibility index (Phi) is 7.28. The molecule has 1 aliphatic carbocycles. The number of nitrogens with one attached hydrogen (secondary N) is 2. The Labute approximate surface area is 202 Å². The molecular weight excluding hydrogens is 474 g/mol. The van der Waals surface area contributed by atoms with Gasteiger partial charge < -0.3 is 10.1 Å². The van der Waals surface area contributed by atoms with Crippen LogP contribution in [0.25, 0.3) is 0 Å². The van der Waals surface area contributed by atoms with Gasteiger partial charge in [0.1, 0.15) is 10.7 Å². The van der Waals surface area contributed by atoms with Crippen LogP contribution >= 0.6 is 11.3 Å². The molecule has 2 N–H and O–H groups in total. The summed E-state index contributed by atoms with van der Waals surface area (Å²) in [6, 6.07) is 12.5. The van der Waals surface area contributed by atoms with Gasteiger partial charge in [0.25, 0.3) is 15.9 Å². The summed E-state index contributed by atoms with van der Waals surface area (Å²) < 4.78 is 32.9. The topological polar surface area (TPSA) is 114 Å². The molecule has 10 heteroatoms. The van der Waals surface area contributed by atoms with Gasteiger partial charge >= 0.3 is 5.97 Å². The molecule has 0 bridgehead atoms. The molecule has 0 spiro atoms. The largest absolute Gasteiger partial charge is 0.448 e. The number of hydrogen-bond donors (Lipinski definition) is 2. The molecule has 0 radical (unpaired) electrons. The van der Waals surface area contributed by atoms with Gasteiger partial charge in [-0.15, -0.1) is 11.3 Å². The van der Waals surface area contributed by atoms with Crippen LogP contribution < -0.4 is 10.0 Å². The summed E-state index contributed by atoms with van der Waals surface area (Å²) in [5.74, 6) is -0.762. The van der Waals surface area contributed by atoms with Crippen LogP contribution in [0, 0.1) is 0 Å². The standard InChI is InChI=1S/C24H25N3O5S2/c1-2-19(32-24(29)21-15-16-7-3-4-8-20(16)33-21)23(28)26-17-10-12-18(13-11-17)34(30,31)27-22-9-5-6-14-25-22/h5-6,9-15,19H,2-4,7-8H2,1H3,(H,25,27)(H,26,28). The third kappa shape index (κ3) is 5.63. The van der Waals surface area contributed by atoms with Crippen LogP contribution in [0.5, 0.6) is 0 Å². The summed E-state index contributed by atoms with van der Waals surface area (Å²) in [5.41, 5.74) is 1.59. The van der Waals surface area contributed by atoms with Crippen molar-refractivity contribution >= 4 is 44.7 Å². The van der Waals surface area contributed by atoms with Gasteiger partial charge in [0.15, 0.2) is 6.10 Å². The number of pyridine rings is 1. The quantitative estimate of drug-likeness (QED) is 0.444. The highest BCUT2D eigenvalue weighted by molar-refractivity contribution is 7.92. The first-order valence-corrected chi connectivity index (χ1v) is 13.3. The SMILES string of the molecule is CCC(OC(=O)c1cc2c(s1)CCCC2)C(=O)Nc1ccc(S(=O)(=O)Nc2ccccn2)cc1. The molecule has 178 valence electrons. The highest BCUT2D eigenvalue weighted by Gasteiger charge is 2.25. The van der Waals surface area contributed by atoms with Crippen molar-refractivity contribution in [1.29, 1.82) is 0 Å². The van der Waals surface area contributed by atoms with Gasteiger partial charge in [-0.1, -0.05) is 13.0 Å². The first kappa shape index (κ1) is 23.9. The third-order valence-electron chi connectivity index (χ3n) is 5.45. The minimum Gasteiger partial charge on any atom is -0.448 e. The van der Waals surface area contributed by atoms with Gasteiger partial charge in [0, 0.05) is 16.8 Å². The Hall–Kier alpha value is -3.24. The lowest BCUT2D eigenvalue weighted by Gasteiger charge is -2.16. The van der Waals surface area contributed by atoms with Gasteiger partial charge in [-0.3, -0.25) is 9.52 Å². The smallest absolute Gasteiger partial charge is 0.349 e. The summed E-state index contributed by atoms with van der Waals surface area (Å²) in [6.07, 6.45) is 5.04. The molecule has 2 aromatic heterocycles. The van der Waals surface area contributed by atoms with E-state index in [1.54, 1.807) is 25.1 Å². The van der Waals surface area contributed by atoms with Crippen LogP contribution in [0.2, 0.25) is 0 Å². The molecule has 3 aromatic rings. The maximum atomic E-state index is 12.7. The Morgan fingerprint density at radius 2 is 1.88 bits per heavy atom. The fraction of sp³-hybridized carbons (Fsp3) is 0.292. The second-order valence-corrected chi connectivity index (χ2v) is 10.7. The van der Waals surface area contributed by atoms with Crippen molar-refractivity contribution in [2.75, 3.05) is 10.0 Å². The zero-order valence-electron chi connectivity index (χ0n) is 18.6. The average molecular weight is 500 g/mol.